The second-order valence-electron chi connectivity index (χ2n) is 17.5. The number of amides is 5. The van der Waals surface area contributed by atoms with Gasteiger partial charge in [-0.15, -0.1) is 11.3 Å². The number of primary amides is 1. The molecule has 2 aliphatic rings. The molecular weight excluding hydrogens is 935 g/mol. The number of nitriles is 1. The third-order valence-electron chi connectivity index (χ3n) is 11.2. The lowest BCUT2D eigenvalue weighted by Gasteiger charge is -2.35. The number of likely N-dealkylation sites (tertiary alicyclic amines) is 1. The number of halogens is 4. The molecule has 0 unspecified atom stereocenters. The molecule has 2 aromatic carbocycles. The molecule has 2 saturated heterocycles. The molecule has 2 aliphatic heterocycles. The molecule has 4 aromatic rings. The molecule has 0 saturated carbocycles. The van der Waals surface area contributed by atoms with Crippen molar-refractivity contribution in [1.82, 2.24) is 25.5 Å². The first-order valence-electron chi connectivity index (χ1n) is 20.9. The van der Waals surface area contributed by atoms with Crippen molar-refractivity contribution in [2.75, 3.05) is 36.2 Å². The Labute approximate surface area is 397 Å². The van der Waals surface area contributed by atoms with Crippen LogP contribution in [-0.2, 0) is 36.6 Å². The average molecular weight is 982 g/mol. The number of hydrogen-bond acceptors (Lipinski definition) is 13. The fraction of sp³-hybridized carbons (Fsp3) is 0.400. The molecule has 23 heteroatoms. The van der Waals surface area contributed by atoms with E-state index in [0.717, 1.165) is 44.9 Å². The zero-order valence-electron chi connectivity index (χ0n) is 37.6. The van der Waals surface area contributed by atoms with Crippen LogP contribution in [0.1, 0.15) is 73.8 Å². The topological polar surface area (TPSA) is 233 Å². The van der Waals surface area contributed by atoms with Gasteiger partial charge in [-0.2, -0.15) is 18.4 Å². The predicted molar refractivity (Wildman–Crippen MR) is 243 cm³/mol. The van der Waals surface area contributed by atoms with E-state index in [1.165, 1.54) is 42.2 Å². The van der Waals surface area contributed by atoms with E-state index in [1.54, 1.807) is 26.3 Å². The first kappa shape index (κ1) is 50.8. The molecule has 5 N–H and O–H groups in total. The van der Waals surface area contributed by atoms with Crippen LogP contribution in [0.3, 0.4) is 0 Å². The Morgan fingerprint density at radius 1 is 1.10 bits per heavy atom. The number of aliphatic hydroxyl groups is 1. The third kappa shape index (κ3) is 10.6. The largest absolute Gasteiger partial charge is 0.475 e. The van der Waals surface area contributed by atoms with Crippen molar-refractivity contribution in [2.24, 2.45) is 11.1 Å². The van der Waals surface area contributed by atoms with Gasteiger partial charge in [0, 0.05) is 19.5 Å². The van der Waals surface area contributed by atoms with Gasteiger partial charge in [-0.3, -0.25) is 28.9 Å². The second kappa shape index (κ2) is 19.9. The number of thiazole rings is 1. The van der Waals surface area contributed by atoms with Crippen molar-refractivity contribution >= 4 is 69.6 Å². The van der Waals surface area contributed by atoms with Crippen molar-refractivity contribution in [1.29, 1.82) is 5.26 Å². The Balaban J connectivity index is 1.05. The number of carbonyl (C=O) groups excluding carboxylic acids is 5. The number of anilines is 2. The summed E-state index contributed by atoms with van der Waals surface area (Å²) in [5, 5.41) is 24.8. The monoisotopic (exact) mass is 981 g/mol. The van der Waals surface area contributed by atoms with Crippen LogP contribution in [0.25, 0.3) is 10.4 Å². The first-order valence-corrected chi connectivity index (χ1v) is 22.2. The summed E-state index contributed by atoms with van der Waals surface area (Å²) >= 11 is 6.99. The van der Waals surface area contributed by atoms with Gasteiger partial charge in [-0.1, -0.05) is 45.0 Å². The number of hydrogen-bond donors (Lipinski definition) is 4. The van der Waals surface area contributed by atoms with E-state index < -0.39 is 99.2 Å². The Morgan fingerprint density at radius 2 is 1.79 bits per heavy atom. The number of nitrogens with one attached hydrogen (secondary N) is 2. The molecule has 68 heavy (non-hydrogen) atoms. The number of aryl methyl sites for hydroxylation is 1. The summed E-state index contributed by atoms with van der Waals surface area (Å²) in [6.07, 6.45) is -5.11. The Hall–Kier alpha value is -6.61. The molecule has 0 aliphatic carbocycles. The van der Waals surface area contributed by atoms with Crippen LogP contribution in [0, 0.1) is 29.5 Å². The quantitative estimate of drug-likeness (QED) is 0.0716. The molecule has 0 spiro atoms. The number of aromatic nitrogens is 2. The SMILES string of the molecule is Cc1ncsc1-c1ccc(CNC(=O)[C@@H]2C[C@@H](O)CN2C(=O)[C@@H](NC(=O)COCCOc2ncc(N3C(=S)N(c4ccc(C#N)c(C(F)(F)F)c4F)C(=O)C3(C)C)cc2C(N)=O)C(C)(C)C)cc1. The Kier molecular flexibility index (Phi) is 14.9. The maximum absolute atomic E-state index is 15.5. The van der Waals surface area contributed by atoms with Crippen molar-refractivity contribution in [3.05, 3.63) is 87.9 Å². The van der Waals surface area contributed by atoms with Gasteiger partial charge in [0.1, 0.15) is 42.0 Å². The van der Waals surface area contributed by atoms with Crippen LogP contribution >= 0.6 is 23.6 Å². The standard InChI is InChI=1S/C45H47F4N9O8S2/c1-23-35(68-22-54-23)25-9-7-24(8-10-25)18-52-38(62)31-16-28(59)20-56(31)40(63)36(43(2,3)4)55-32(60)21-65-13-14-66-39-29(37(51)61)15-27(19-53-39)58-42(67)57(41(64)44(58,5)6)30-12-11-26(17-50)33(34(30)46)45(47,48)49/h7-12,15,19,22,28,31,36,59H,13-14,16,18,20-21H2,1-6H3,(H2,51,61)(H,52,62)(H,55,60)/t28-,31+,36-/m1/s1. The van der Waals surface area contributed by atoms with Gasteiger partial charge in [0.05, 0.1) is 58.0 Å². The normalized spacial score (nSPS) is 17.5. The number of benzene rings is 2. The average Bonchev–Trinajstić information content (AvgIpc) is 3.93. The van der Waals surface area contributed by atoms with Gasteiger partial charge >= 0.3 is 6.18 Å². The minimum absolute atomic E-state index is 0.00223. The first-order chi connectivity index (χ1) is 31.9. The minimum Gasteiger partial charge on any atom is -0.475 e. The summed E-state index contributed by atoms with van der Waals surface area (Å²) in [6.45, 7) is 8.83. The highest BCUT2D eigenvalue weighted by Gasteiger charge is 2.52. The number of nitrogens with zero attached hydrogens (tertiary/aromatic N) is 6. The summed E-state index contributed by atoms with van der Waals surface area (Å²) in [5.41, 5.74) is 3.57. The molecule has 17 nitrogen and oxygen atoms in total. The van der Waals surface area contributed by atoms with Crippen molar-refractivity contribution in [2.45, 2.75) is 84.4 Å². The van der Waals surface area contributed by atoms with Crippen LogP contribution in [0.4, 0.5) is 28.9 Å². The zero-order chi connectivity index (χ0) is 50.0. The van der Waals surface area contributed by atoms with Gasteiger partial charge in [-0.25, -0.2) is 14.4 Å². The van der Waals surface area contributed by atoms with E-state index in [4.69, 9.17) is 27.4 Å². The number of aliphatic hydroxyl groups excluding tert-OH is 1. The smallest absolute Gasteiger partial charge is 0.420 e. The summed E-state index contributed by atoms with van der Waals surface area (Å²) in [4.78, 5) is 79.3. The summed E-state index contributed by atoms with van der Waals surface area (Å²) in [7, 11) is 0. The summed E-state index contributed by atoms with van der Waals surface area (Å²) < 4.78 is 68.0. The zero-order valence-corrected chi connectivity index (χ0v) is 39.2. The maximum Gasteiger partial charge on any atom is 0.420 e. The molecular formula is C45H47F4N9O8S2. The highest BCUT2D eigenvalue weighted by molar-refractivity contribution is 7.81. The summed E-state index contributed by atoms with van der Waals surface area (Å²) in [5.74, 6) is -5.87. The Morgan fingerprint density at radius 3 is 2.40 bits per heavy atom. The van der Waals surface area contributed by atoms with Crippen LogP contribution < -0.4 is 30.9 Å². The van der Waals surface area contributed by atoms with Crippen LogP contribution in [-0.4, -0.2) is 105 Å². The number of thiocarbonyl (C=S) groups is 1. The van der Waals surface area contributed by atoms with Crippen LogP contribution in [0.2, 0.25) is 0 Å². The predicted octanol–water partition coefficient (Wildman–Crippen LogP) is 4.76. The van der Waals surface area contributed by atoms with Crippen LogP contribution in [0.5, 0.6) is 5.88 Å². The minimum atomic E-state index is -5.28. The van der Waals surface area contributed by atoms with Crippen molar-refractivity contribution < 1.29 is 56.1 Å². The number of carbonyl (C=O) groups is 5. The number of pyridine rings is 1. The highest BCUT2D eigenvalue weighted by Crippen LogP contribution is 2.42. The van der Waals surface area contributed by atoms with E-state index in [-0.39, 0.29) is 49.9 Å². The number of rotatable bonds is 15. The van der Waals surface area contributed by atoms with Crippen LogP contribution in [0.15, 0.2) is 54.2 Å². The summed E-state index contributed by atoms with van der Waals surface area (Å²) in [6, 6.07) is 9.54. The molecule has 4 heterocycles. The van der Waals surface area contributed by atoms with E-state index in [0.29, 0.717) is 4.90 Å². The van der Waals surface area contributed by atoms with Crippen molar-refractivity contribution in [3.63, 3.8) is 0 Å². The molecule has 6 rings (SSSR count). The lowest BCUT2D eigenvalue weighted by Crippen LogP contribution is -2.58. The molecule has 0 radical (unpaired) electrons. The fourth-order valence-electron chi connectivity index (χ4n) is 7.75. The number of ether oxygens (including phenoxy) is 2. The van der Waals surface area contributed by atoms with Gasteiger partial charge in [-0.05, 0) is 67.7 Å². The third-order valence-corrected chi connectivity index (χ3v) is 12.5. The Bertz CT molecular complexity index is 2680. The highest BCUT2D eigenvalue weighted by atomic mass is 32.1. The van der Waals surface area contributed by atoms with E-state index >= 15 is 4.39 Å². The number of β-amino-alcohol motifs (C(OH)–C–C–N with tert-alkyl or cyclic N) is 1. The van der Waals surface area contributed by atoms with E-state index in [9.17, 15) is 47.5 Å². The molecule has 5 amide bonds. The van der Waals surface area contributed by atoms with Crippen molar-refractivity contribution in [3.8, 4) is 22.4 Å². The van der Waals surface area contributed by atoms with Gasteiger partial charge in [0.2, 0.25) is 23.6 Å². The number of alkyl halides is 3. The lowest BCUT2D eigenvalue weighted by molar-refractivity contribution is -0.144. The van der Waals surface area contributed by atoms with E-state index in [2.05, 4.69) is 20.6 Å². The maximum atomic E-state index is 15.5. The van der Waals surface area contributed by atoms with Gasteiger partial charge in [0.15, 0.2) is 10.9 Å². The fourth-order valence-corrected chi connectivity index (χ4v) is 9.08. The van der Waals surface area contributed by atoms with Gasteiger partial charge in [0.25, 0.3) is 11.8 Å². The molecule has 360 valence electrons. The molecule has 0 bridgehead atoms. The number of nitrogens with two attached hydrogens (primary N) is 1. The molecule has 2 aromatic heterocycles. The molecule has 3 atom stereocenters. The second-order valence-corrected chi connectivity index (χ2v) is 18.7. The van der Waals surface area contributed by atoms with Gasteiger partial charge < -0.3 is 40.7 Å². The van der Waals surface area contributed by atoms with E-state index in [1.807, 2.05) is 31.2 Å². The lowest BCUT2D eigenvalue weighted by atomic mass is 9.85. The molecule has 2 fully saturated rings.